The summed E-state index contributed by atoms with van der Waals surface area (Å²) < 4.78 is 19.1. The quantitative estimate of drug-likeness (QED) is 0.754. The van der Waals surface area contributed by atoms with Gasteiger partial charge in [-0.25, -0.2) is 9.18 Å². The predicted octanol–water partition coefficient (Wildman–Crippen LogP) is 4.24. The van der Waals surface area contributed by atoms with E-state index in [2.05, 4.69) is 21.2 Å². The highest BCUT2D eigenvalue weighted by Crippen LogP contribution is 2.18. The number of rotatable bonds is 5. The number of ether oxygens (including phenoxy) is 1. The number of amides is 1. The molecule has 0 aliphatic rings. The van der Waals surface area contributed by atoms with Gasteiger partial charge >= 0.3 is 5.97 Å². The monoisotopic (exact) mass is 407 g/mol. The minimum absolute atomic E-state index is 0.218. The van der Waals surface area contributed by atoms with Crippen molar-refractivity contribution < 1.29 is 18.7 Å². The van der Waals surface area contributed by atoms with E-state index in [1.807, 2.05) is 39.0 Å². The molecule has 0 saturated heterocycles. The lowest BCUT2D eigenvalue weighted by Gasteiger charge is -2.16. The summed E-state index contributed by atoms with van der Waals surface area (Å²) >= 11 is 3.16. The lowest BCUT2D eigenvalue weighted by molar-refractivity contribution is -0.124. The third kappa shape index (κ3) is 5.13. The van der Waals surface area contributed by atoms with Gasteiger partial charge in [0, 0.05) is 4.47 Å². The zero-order valence-corrected chi connectivity index (χ0v) is 15.8. The van der Waals surface area contributed by atoms with Crippen molar-refractivity contribution >= 4 is 27.8 Å². The number of hydrogen-bond donors (Lipinski definition) is 1. The maximum atomic E-state index is 13.6. The maximum absolute atomic E-state index is 13.6. The molecule has 0 aliphatic heterocycles. The Kier molecular flexibility index (Phi) is 6.31. The highest BCUT2D eigenvalue weighted by molar-refractivity contribution is 9.10. The molecule has 2 aromatic rings. The lowest BCUT2D eigenvalue weighted by Crippen LogP contribution is -2.31. The number of carbonyl (C=O) groups excluding carboxylic acids is 2. The molecule has 0 saturated carbocycles. The number of benzene rings is 2. The van der Waals surface area contributed by atoms with E-state index in [-0.39, 0.29) is 11.6 Å². The van der Waals surface area contributed by atoms with Gasteiger partial charge in [0.1, 0.15) is 5.82 Å². The van der Waals surface area contributed by atoms with E-state index in [4.69, 9.17) is 4.74 Å². The number of hydrogen-bond acceptors (Lipinski definition) is 3. The molecule has 2 aromatic carbocycles. The Morgan fingerprint density at radius 2 is 1.88 bits per heavy atom. The van der Waals surface area contributed by atoms with E-state index < -0.39 is 24.3 Å². The average Bonchev–Trinajstić information content (AvgIpc) is 2.57. The van der Waals surface area contributed by atoms with Crippen LogP contribution in [0, 0.1) is 19.7 Å². The second-order valence-corrected chi connectivity index (χ2v) is 6.75. The lowest BCUT2D eigenvalue weighted by atomic mass is 10.0. The zero-order valence-electron chi connectivity index (χ0n) is 14.2. The van der Waals surface area contributed by atoms with E-state index in [0.717, 1.165) is 17.2 Å². The van der Waals surface area contributed by atoms with Crippen molar-refractivity contribution in [3.63, 3.8) is 0 Å². The second kappa shape index (κ2) is 8.25. The van der Waals surface area contributed by atoms with Crippen molar-refractivity contribution in [2.45, 2.75) is 26.8 Å². The summed E-state index contributed by atoms with van der Waals surface area (Å²) in [6.45, 7) is 5.39. The van der Waals surface area contributed by atoms with Crippen LogP contribution < -0.4 is 5.32 Å². The van der Waals surface area contributed by atoms with Gasteiger partial charge in [0.25, 0.3) is 5.91 Å². The molecule has 0 spiro atoms. The van der Waals surface area contributed by atoms with Crippen LogP contribution in [0.1, 0.15) is 40.0 Å². The first kappa shape index (κ1) is 19.1. The van der Waals surface area contributed by atoms with Gasteiger partial charge in [-0.2, -0.15) is 0 Å². The Morgan fingerprint density at radius 3 is 2.56 bits per heavy atom. The molecule has 2 rings (SSSR count). The van der Waals surface area contributed by atoms with Crippen LogP contribution in [0.15, 0.2) is 40.9 Å². The Hall–Kier alpha value is -2.21. The van der Waals surface area contributed by atoms with E-state index in [0.29, 0.717) is 4.47 Å². The zero-order chi connectivity index (χ0) is 18.6. The molecule has 4 nitrogen and oxygen atoms in total. The molecule has 0 aliphatic carbocycles. The van der Waals surface area contributed by atoms with Crippen molar-refractivity contribution in [2.24, 2.45) is 0 Å². The molecular weight excluding hydrogens is 389 g/mol. The smallest absolute Gasteiger partial charge is 0.341 e. The number of carbonyl (C=O) groups is 2. The molecule has 0 fully saturated rings. The molecule has 1 amide bonds. The summed E-state index contributed by atoms with van der Waals surface area (Å²) in [7, 11) is 0. The van der Waals surface area contributed by atoms with Crippen molar-refractivity contribution in [3.8, 4) is 0 Å². The van der Waals surface area contributed by atoms with Crippen LogP contribution in [0.4, 0.5) is 4.39 Å². The van der Waals surface area contributed by atoms with Crippen LogP contribution in [-0.2, 0) is 9.53 Å². The van der Waals surface area contributed by atoms with Gasteiger partial charge < -0.3 is 10.1 Å². The van der Waals surface area contributed by atoms with E-state index in [9.17, 15) is 14.0 Å². The third-order valence-electron chi connectivity index (χ3n) is 3.89. The van der Waals surface area contributed by atoms with Crippen LogP contribution in [-0.4, -0.2) is 18.5 Å². The van der Waals surface area contributed by atoms with Gasteiger partial charge in [0.2, 0.25) is 0 Å². The Bertz CT molecular complexity index is 807. The van der Waals surface area contributed by atoms with Crippen molar-refractivity contribution in [2.75, 3.05) is 6.61 Å². The Morgan fingerprint density at radius 1 is 1.16 bits per heavy atom. The molecule has 25 heavy (non-hydrogen) atoms. The SMILES string of the molecule is Cc1ccc([C@H](C)NC(=O)COC(=O)c2cc(Br)ccc2F)cc1C. The fraction of sp³-hybridized carbons (Fsp3) is 0.263. The van der Waals surface area contributed by atoms with Crippen molar-refractivity contribution in [1.82, 2.24) is 5.32 Å². The molecule has 0 radical (unpaired) electrons. The Labute approximate surface area is 154 Å². The summed E-state index contributed by atoms with van der Waals surface area (Å²) in [5, 5.41) is 2.76. The van der Waals surface area contributed by atoms with Gasteiger partial charge in [-0.15, -0.1) is 0 Å². The summed E-state index contributed by atoms with van der Waals surface area (Å²) in [6.07, 6.45) is 0. The van der Waals surface area contributed by atoms with Gasteiger partial charge in [-0.3, -0.25) is 4.79 Å². The normalized spacial score (nSPS) is 11.7. The fourth-order valence-electron chi connectivity index (χ4n) is 2.26. The van der Waals surface area contributed by atoms with Crippen molar-refractivity contribution in [3.05, 3.63) is 68.9 Å². The van der Waals surface area contributed by atoms with Gasteiger partial charge in [-0.1, -0.05) is 34.1 Å². The second-order valence-electron chi connectivity index (χ2n) is 5.83. The maximum Gasteiger partial charge on any atom is 0.341 e. The first-order valence-corrected chi connectivity index (χ1v) is 8.56. The minimum Gasteiger partial charge on any atom is -0.452 e. The summed E-state index contributed by atoms with van der Waals surface area (Å²) in [5.74, 6) is -2.03. The van der Waals surface area contributed by atoms with Crippen LogP contribution in [0.3, 0.4) is 0 Å². The highest BCUT2D eigenvalue weighted by Gasteiger charge is 2.16. The van der Waals surface area contributed by atoms with E-state index in [1.165, 1.54) is 17.7 Å². The van der Waals surface area contributed by atoms with Crippen LogP contribution in [0.25, 0.3) is 0 Å². The number of nitrogens with one attached hydrogen (secondary N) is 1. The average molecular weight is 408 g/mol. The number of aryl methyl sites for hydroxylation is 2. The molecule has 6 heteroatoms. The highest BCUT2D eigenvalue weighted by atomic mass is 79.9. The third-order valence-corrected chi connectivity index (χ3v) is 4.38. The van der Waals surface area contributed by atoms with Crippen molar-refractivity contribution in [1.29, 1.82) is 0 Å². The standard InChI is InChI=1S/C19H19BrFNO3/c1-11-4-5-14(8-12(11)2)13(3)22-18(23)10-25-19(24)16-9-15(20)6-7-17(16)21/h4-9,13H,10H2,1-3H3,(H,22,23)/t13-/m0/s1. The van der Waals surface area contributed by atoms with Crippen LogP contribution in [0.2, 0.25) is 0 Å². The number of halogens is 2. The topological polar surface area (TPSA) is 55.4 Å². The number of esters is 1. The van der Waals surface area contributed by atoms with E-state index in [1.54, 1.807) is 0 Å². The first-order chi connectivity index (χ1) is 11.8. The van der Waals surface area contributed by atoms with Crippen LogP contribution in [0.5, 0.6) is 0 Å². The van der Waals surface area contributed by atoms with Gasteiger partial charge in [0.15, 0.2) is 6.61 Å². The molecule has 1 N–H and O–H groups in total. The van der Waals surface area contributed by atoms with Crippen LogP contribution >= 0.6 is 15.9 Å². The van der Waals surface area contributed by atoms with Gasteiger partial charge in [-0.05, 0) is 55.7 Å². The summed E-state index contributed by atoms with van der Waals surface area (Å²) in [5.41, 5.74) is 3.05. The predicted molar refractivity (Wildman–Crippen MR) is 96.9 cm³/mol. The molecular formula is C19H19BrFNO3. The molecule has 1 atom stereocenters. The summed E-state index contributed by atoms with van der Waals surface area (Å²) in [6, 6.07) is 9.65. The Balaban J connectivity index is 1.92. The fourth-order valence-corrected chi connectivity index (χ4v) is 2.62. The molecule has 0 unspecified atom stereocenters. The summed E-state index contributed by atoms with van der Waals surface area (Å²) in [4.78, 5) is 23.9. The van der Waals surface area contributed by atoms with E-state index >= 15 is 0 Å². The largest absolute Gasteiger partial charge is 0.452 e. The molecule has 0 heterocycles. The molecule has 0 aromatic heterocycles. The minimum atomic E-state index is -0.882. The van der Waals surface area contributed by atoms with Gasteiger partial charge in [0.05, 0.1) is 11.6 Å². The molecule has 132 valence electrons. The first-order valence-electron chi connectivity index (χ1n) is 7.76. The molecule has 0 bridgehead atoms.